The molecule has 0 unspecified atom stereocenters. The van der Waals surface area contributed by atoms with E-state index in [1.54, 1.807) is 55.4 Å². The maximum atomic E-state index is 14.6. The third-order valence-corrected chi connectivity index (χ3v) is 7.04. The number of nitrogens with zero attached hydrogens (tertiary/aromatic N) is 4. The molecular formula is C28H24F4N4O2S. The number of benzene rings is 2. The van der Waals surface area contributed by atoms with Crippen LogP contribution in [0.1, 0.15) is 37.0 Å². The predicted molar refractivity (Wildman–Crippen MR) is 142 cm³/mol. The van der Waals surface area contributed by atoms with Crippen LogP contribution in [-0.2, 0) is 11.0 Å². The van der Waals surface area contributed by atoms with E-state index < -0.39 is 34.6 Å². The van der Waals surface area contributed by atoms with Gasteiger partial charge in [-0.05, 0) is 92.5 Å². The maximum absolute atomic E-state index is 14.6. The van der Waals surface area contributed by atoms with Crippen molar-refractivity contribution in [2.24, 2.45) is 0 Å². The monoisotopic (exact) mass is 556 g/mol. The Hall–Kier alpha value is -4.04. The summed E-state index contributed by atoms with van der Waals surface area (Å²) in [6, 6.07) is 12.1. The number of pyridine rings is 1. The number of carbonyl (C=O) groups is 1. The quantitative estimate of drug-likeness (QED) is 0.194. The zero-order valence-corrected chi connectivity index (χ0v) is 22.2. The van der Waals surface area contributed by atoms with Crippen LogP contribution in [0.15, 0.2) is 54.9 Å². The summed E-state index contributed by atoms with van der Waals surface area (Å²) in [5.41, 5.74) is -1.57. The van der Waals surface area contributed by atoms with E-state index in [1.165, 1.54) is 25.1 Å². The van der Waals surface area contributed by atoms with Gasteiger partial charge in [0.2, 0.25) is 0 Å². The standard InChI is InChI=1S/C28H24F4N4O2S/c1-17-22(7-5-20(16-33)24(17)28(30,31)32)36-25(37)27(2,3)35(26(36)39)13-4-14-38-23-8-6-19(15-21(23)29)18-9-11-34-12-10-18/h5-12,15H,4,13-14H2,1-3H3. The Balaban J connectivity index is 1.47. The molecule has 0 radical (unpaired) electrons. The summed E-state index contributed by atoms with van der Waals surface area (Å²) in [5, 5.41) is 9.22. The number of hydrogen-bond donors (Lipinski definition) is 0. The number of halogens is 4. The molecule has 4 rings (SSSR count). The largest absolute Gasteiger partial charge is 0.490 e. The van der Waals surface area contributed by atoms with Crippen molar-refractivity contribution in [1.29, 1.82) is 5.26 Å². The van der Waals surface area contributed by atoms with E-state index in [9.17, 15) is 27.6 Å². The van der Waals surface area contributed by atoms with Crippen LogP contribution in [0.5, 0.6) is 5.75 Å². The molecule has 2 aromatic carbocycles. The van der Waals surface area contributed by atoms with Crippen molar-refractivity contribution in [2.75, 3.05) is 18.1 Å². The van der Waals surface area contributed by atoms with Gasteiger partial charge in [0.25, 0.3) is 5.91 Å². The third kappa shape index (κ3) is 5.29. The van der Waals surface area contributed by atoms with E-state index in [0.29, 0.717) is 12.0 Å². The lowest BCUT2D eigenvalue weighted by Gasteiger charge is -2.29. The zero-order valence-electron chi connectivity index (χ0n) is 21.3. The van der Waals surface area contributed by atoms with Gasteiger partial charge in [-0.25, -0.2) is 4.39 Å². The van der Waals surface area contributed by atoms with Crippen molar-refractivity contribution in [1.82, 2.24) is 9.88 Å². The zero-order chi connectivity index (χ0) is 28.5. The Labute approximate surface area is 228 Å². The third-order valence-electron chi connectivity index (χ3n) is 6.63. The van der Waals surface area contributed by atoms with Gasteiger partial charge in [-0.15, -0.1) is 0 Å². The molecule has 1 aliphatic heterocycles. The number of anilines is 1. The van der Waals surface area contributed by atoms with Crippen LogP contribution < -0.4 is 9.64 Å². The molecule has 1 aromatic heterocycles. The van der Waals surface area contributed by atoms with Crippen molar-refractivity contribution >= 4 is 28.9 Å². The summed E-state index contributed by atoms with van der Waals surface area (Å²) >= 11 is 5.53. The lowest BCUT2D eigenvalue weighted by molar-refractivity contribution is -0.138. The molecule has 0 N–H and O–H groups in total. The van der Waals surface area contributed by atoms with Gasteiger partial charge < -0.3 is 9.64 Å². The van der Waals surface area contributed by atoms with Gasteiger partial charge in [0.05, 0.1) is 29.5 Å². The second kappa shape index (κ2) is 10.6. The molecule has 1 amide bonds. The van der Waals surface area contributed by atoms with Crippen molar-refractivity contribution in [3.63, 3.8) is 0 Å². The number of rotatable bonds is 7. The van der Waals surface area contributed by atoms with Crippen LogP contribution in [0.4, 0.5) is 23.2 Å². The smallest absolute Gasteiger partial charge is 0.418 e. The summed E-state index contributed by atoms with van der Waals surface area (Å²) in [6.45, 7) is 4.83. The van der Waals surface area contributed by atoms with Gasteiger partial charge >= 0.3 is 6.18 Å². The van der Waals surface area contributed by atoms with Crippen molar-refractivity contribution in [3.8, 4) is 22.9 Å². The Morgan fingerprint density at radius 1 is 1.10 bits per heavy atom. The Bertz CT molecular complexity index is 1470. The molecule has 39 heavy (non-hydrogen) atoms. The number of ether oxygens (including phenoxy) is 1. The Kier molecular flexibility index (Phi) is 7.61. The summed E-state index contributed by atoms with van der Waals surface area (Å²) in [4.78, 5) is 20.0. The SMILES string of the molecule is Cc1c(N2C(=O)C(C)(C)N(CCCOc3ccc(-c4ccncc4)cc3F)C2=S)ccc(C#N)c1C(F)(F)F. The molecule has 1 aliphatic rings. The highest BCUT2D eigenvalue weighted by Crippen LogP contribution is 2.41. The molecule has 1 fully saturated rings. The summed E-state index contributed by atoms with van der Waals surface area (Å²) in [5.74, 6) is -0.951. The Morgan fingerprint density at radius 3 is 2.41 bits per heavy atom. The highest BCUT2D eigenvalue weighted by atomic mass is 32.1. The van der Waals surface area contributed by atoms with Crippen LogP contribution in [-0.4, -0.2) is 39.6 Å². The van der Waals surface area contributed by atoms with E-state index in [2.05, 4.69) is 4.98 Å². The molecule has 1 saturated heterocycles. The molecule has 6 nitrogen and oxygen atoms in total. The second-order valence-corrected chi connectivity index (χ2v) is 9.82. The topological polar surface area (TPSA) is 69.5 Å². The predicted octanol–water partition coefficient (Wildman–Crippen LogP) is 6.27. The number of amides is 1. The minimum absolute atomic E-state index is 0.0282. The molecule has 0 bridgehead atoms. The fourth-order valence-electron chi connectivity index (χ4n) is 4.57. The first-order valence-electron chi connectivity index (χ1n) is 12.0. The molecule has 0 saturated carbocycles. The first-order chi connectivity index (χ1) is 18.4. The van der Waals surface area contributed by atoms with E-state index in [0.717, 1.165) is 16.5 Å². The summed E-state index contributed by atoms with van der Waals surface area (Å²) in [6.07, 6.45) is -1.19. The fraction of sp³-hybridized carbons (Fsp3) is 0.286. The first-order valence-corrected chi connectivity index (χ1v) is 12.4. The lowest BCUT2D eigenvalue weighted by Crippen LogP contribution is -2.44. The normalized spacial score (nSPS) is 15.0. The number of carbonyl (C=O) groups excluding carboxylic acids is 1. The van der Waals surface area contributed by atoms with Crippen LogP contribution in [0.3, 0.4) is 0 Å². The second-order valence-electron chi connectivity index (χ2n) is 9.46. The minimum atomic E-state index is -4.78. The molecule has 0 atom stereocenters. The van der Waals surface area contributed by atoms with Gasteiger partial charge in [0.1, 0.15) is 5.54 Å². The molecule has 11 heteroatoms. The molecule has 2 heterocycles. The van der Waals surface area contributed by atoms with Gasteiger partial charge in [-0.3, -0.25) is 14.7 Å². The molecular weight excluding hydrogens is 532 g/mol. The fourth-order valence-corrected chi connectivity index (χ4v) is 5.07. The van der Waals surface area contributed by atoms with E-state index >= 15 is 0 Å². The molecule has 0 spiro atoms. The average Bonchev–Trinajstić information content (AvgIpc) is 3.05. The summed E-state index contributed by atoms with van der Waals surface area (Å²) < 4.78 is 61.4. The van der Waals surface area contributed by atoms with Gasteiger partial charge in [-0.2, -0.15) is 18.4 Å². The number of hydrogen-bond acceptors (Lipinski definition) is 5. The number of aromatic nitrogens is 1. The van der Waals surface area contributed by atoms with Crippen molar-refractivity contribution in [2.45, 2.75) is 38.9 Å². The lowest BCUT2D eigenvalue weighted by atomic mass is 9.98. The van der Waals surface area contributed by atoms with Gasteiger partial charge in [0.15, 0.2) is 16.7 Å². The van der Waals surface area contributed by atoms with Crippen LogP contribution in [0, 0.1) is 24.1 Å². The molecule has 0 aliphatic carbocycles. The maximum Gasteiger partial charge on any atom is 0.418 e. The average molecular weight is 557 g/mol. The highest BCUT2D eigenvalue weighted by molar-refractivity contribution is 7.80. The highest BCUT2D eigenvalue weighted by Gasteiger charge is 2.50. The molecule has 202 valence electrons. The van der Waals surface area contributed by atoms with Crippen LogP contribution in [0.25, 0.3) is 11.1 Å². The Morgan fingerprint density at radius 2 is 1.79 bits per heavy atom. The van der Waals surface area contributed by atoms with Crippen molar-refractivity contribution < 1.29 is 27.1 Å². The van der Waals surface area contributed by atoms with E-state index in [-0.39, 0.29) is 35.3 Å². The van der Waals surface area contributed by atoms with Gasteiger partial charge in [0, 0.05) is 18.9 Å². The van der Waals surface area contributed by atoms with Gasteiger partial charge in [-0.1, -0.05) is 6.07 Å². The number of alkyl halides is 3. The number of thiocarbonyl (C=S) groups is 1. The van der Waals surface area contributed by atoms with Crippen molar-refractivity contribution in [3.05, 3.63) is 77.4 Å². The van der Waals surface area contributed by atoms with Crippen LogP contribution in [0.2, 0.25) is 0 Å². The molecule has 3 aromatic rings. The van der Waals surface area contributed by atoms with Crippen LogP contribution >= 0.6 is 12.2 Å². The summed E-state index contributed by atoms with van der Waals surface area (Å²) in [7, 11) is 0. The van der Waals surface area contributed by atoms with E-state index in [4.69, 9.17) is 17.0 Å². The first kappa shape index (κ1) is 28.0. The van der Waals surface area contributed by atoms with E-state index in [1.807, 2.05) is 0 Å². The number of nitriles is 1. The minimum Gasteiger partial charge on any atom is -0.490 e.